The van der Waals surface area contributed by atoms with Crippen molar-refractivity contribution >= 4 is 32.4 Å². The fraction of sp³-hybridized carbons (Fsp3) is 0.261. The summed E-state index contributed by atoms with van der Waals surface area (Å²) >= 11 is 0. The zero-order chi connectivity index (χ0) is 22.6. The van der Waals surface area contributed by atoms with E-state index in [4.69, 9.17) is 14.2 Å². The van der Waals surface area contributed by atoms with Gasteiger partial charge in [-0.25, -0.2) is 8.42 Å². The van der Waals surface area contributed by atoms with E-state index in [-0.39, 0.29) is 32.2 Å². The van der Waals surface area contributed by atoms with E-state index in [0.29, 0.717) is 22.9 Å². The van der Waals surface area contributed by atoms with Crippen molar-refractivity contribution in [1.82, 2.24) is 5.32 Å². The average molecular weight is 457 g/mol. The molecule has 0 fully saturated rings. The third-order valence-corrected chi connectivity index (χ3v) is 6.79. The number of nitrogens with one attached hydrogen (secondary N) is 1. The van der Waals surface area contributed by atoms with Crippen molar-refractivity contribution in [2.45, 2.75) is 6.92 Å². The van der Waals surface area contributed by atoms with Crippen LogP contribution in [-0.2, 0) is 14.8 Å². The highest BCUT2D eigenvalue weighted by Crippen LogP contribution is 2.36. The molecule has 0 spiro atoms. The number of sulfonamides is 1. The highest BCUT2D eigenvalue weighted by atomic mass is 32.2. The highest BCUT2D eigenvalue weighted by molar-refractivity contribution is 7.92. The van der Waals surface area contributed by atoms with Crippen LogP contribution in [0.15, 0.2) is 60.7 Å². The van der Waals surface area contributed by atoms with Gasteiger partial charge in [-0.15, -0.1) is 0 Å². The molecule has 1 aliphatic heterocycles. The number of hydrogen-bond donors (Lipinski definition) is 1. The van der Waals surface area contributed by atoms with Crippen LogP contribution in [0.1, 0.15) is 6.92 Å². The molecule has 1 aliphatic rings. The van der Waals surface area contributed by atoms with E-state index in [1.54, 1.807) is 18.2 Å². The van der Waals surface area contributed by atoms with Crippen molar-refractivity contribution in [2.24, 2.45) is 0 Å². The number of carbonyl (C=O) groups excluding carboxylic acids is 1. The lowest BCUT2D eigenvalue weighted by molar-refractivity contribution is -0.119. The summed E-state index contributed by atoms with van der Waals surface area (Å²) in [6, 6.07) is 18.5. The number of ether oxygens (including phenoxy) is 3. The fourth-order valence-corrected chi connectivity index (χ4v) is 4.41. The molecule has 0 saturated heterocycles. The van der Waals surface area contributed by atoms with Crippen molar-refractivity contribution in [3.8, 4) is 17.2 Å². The van der Waals surface area contributed by atoms with Crippen LogP contribution in [-0.4, -0.2) is 46.6 Å². The zero-order valence-corrected chi connectivity index (χ0v) is 18.4. The van der Waals surface area contributed by atoms with Crippen LogP contribution in [0.3, 0.4) is 0 Å². The predicted octanol–water partition coefficient (Wildman–Crippen LogP) is 2.92. The molecule has 0 aromatic heterocycles. The lowest BCUT2D eigenvalue weighted by Gasteiger charge is -2.23. The van der Waals surface area contributed by atoms with Crippen molar-refractivity contribution in [3.63, 3.8) is 0 Å². The molecule has 168 valence electrons. The Bertz CT molecular complexity index is 1230. The third-order valence-electron chi connectivity index (χ3n) is 5.05. The number of anilines is 1. The summed E-state index contributed by atoms with van der Waals surface area (Å²) in [6.45, 7) is 1.77. The second-order valence-electron chi connectivity index (χ2n) is 7.15. The molecular weight excluding hydrogens is 432 g/mol. The van der Waals surface area contributed by atoms with Crippen LogP contribution < -0.4 is 23.8 Å². The molecule has 1 amide bonds. The van der Waals surface area contributed by atoms with E-state index in [9.17, 15) is 13.2 Å². The molecule has 0 atom stereocenters. The monoisotopic (exact) mass is 456 g/mol. The Morgan fingerprint density at radius 3 is 2.62 bits per heavy atom. The van der Waals surface area contributed by atoms with Crippen molar-refractivity contribution in [3.05, 3.63) is 60.7 Å². The Morgan fingerprint density at radius 1 is 1.03 bits per heavy atom. The molecule has 3 aromatic carbocycles. The normalized spacial score (nSPS) is 12.5. The van der Waals surface area contributed by atoms with E-state index in [1.807, 2.05) is 42.5 Å². The molecular formula is C23H24N2O6S. The van der Waals surface area contributed by atoms with Crippen molar-refractivity contribution < 1.29 is 27.4 Å². The van der Waals surface area contributed by atoms with Crippen molar-refractivity contribution in [2.75, 3.05) is 36.5 Å². The molecule has 9 heteroatoms. The Morgan fingerprint density at radius 2 is 1.81 bits per heavy atom. The van der Waals surface area contributed by atoms with E-state index < -0.39 is 15.9 Å². The number of amides is 1. The summed E-state index contributed by atoms with van der Waals surface area (Å²) in [5.74, 6) is 1.12. The zero-order valence-electron chi connectivity index (χ0n) is 17.6. The molecule has 0 aliphatic carbocycles. The number of hydrogen-bond acceptors (Lipinski definition) is 6. The van der Waals surface area contributed by atoms with Gasteiger partial charge in [0.05, 0.1) is 18.0 Å². The molecule has 8 nitrogen and oxygen atoms in total. The van der Waals surface area contributed by atoms with E-state index in [2.05, 4.69) is 5.32 Å². The number of rotatable bonds is 9. The molecule has 0 radical (unpaired) electrons. The maximum Gasteiger partial charge on any atom is 0.240 e. The van der Waals surface area contributed by atoms with Gasteiger partial charge in [-0.1, -0.05) is 30.3 Å². The summed E-state index contributed by atoms with van der Waals surface area (Å²) in [5, 5.41) is 4.90. The maximum absolute atomic E-state index is 12.6. The van der Waals surface area contributed by atoms with Gasteiger partial charge in [0.1, 0.15) is 18.9 Å². The fourth-order valence-electron chi connectivity index (χ4n) is 3.35. The van der Waals surface area contributed by atoms with Gasteiger partial charge in [0.25, 0.3) is 0 Å². The predicted molar refractivity (Wildman–Crippen MR) is 122 cm³/mol. The number of nitrogens with zero attached hydrogens (tertiary/aromatic N) is 1. The van der Waals surface area contributed by atoms with E-state index in [0.717, 1.165) is 15.1 Å². The topological polar surface area (TPSA) is 94.2 Å². The quantitative estimate of drug-likeness (QED) is 0.498. The largest absolute Gasteiger partial charge is 0.492 e. The summed E-state index contributed by atoms with van der Waals surface area (Å²) in [5.41, 5.74) is 0.346. The molecule has 0 unspecified atom stereocenters. The van der Waals surface area contributed by atoms with Gasteiger partial charge in [0.15, 0.2) is 11.5 Å². The molecule has 3 aromatic rings. The first-order valence-corrected chi connectivity index (χ1v) is 11.9. The van der Waals surface area contributed by atoms with Crippen LogP contribution in [0, 0.1) is 0 Å². The van der Waals surface area contributed by atoms with Crippen LogP contribution in [0.25, 0.3) is 10.8 Å². The maximum atomic E-state index is 12.6. The Labute approximate surface area is 186 Å². The summed E-state index contributed by atoms with van der Waals surface area (Å²) in [7, 11) is -3.68. The average Bonchev–Trinajstić information content (AvgIpc) is 3.28. The molecule has 0 saturated carbocycles. The number of carbonyl (C=O) groups is 1. The lowest BCUT2D eigenvalue weighted by atomic mass is 10.1. The van der Waals surface area contributed by atoms with Crippen LogP contribution in [0.4, 0.5) is 5.69 Å². The number of benzene rings is 3. The Hall–Kier alpha value is -3.46. The van der Waals surface area contributed by atoms with Gasteiger partial charge in [0.2, 0.25) is 22.7 Å². The first kappa shape index (κ1) is 21.8. The Kier molecular flexibility index (Phi) is 6.36. The molecule has 1 heterocycles. The summed E-state index contributed by atoms with van der Waals surface area (Å²) in [6.07, 6.45) is 0. The Balaban J connectivity index is 1.35. The minimum atomic E-state index is -3.68. The van der Waals surface area contributed by atoms with Crippen molar-refractivity contribution in [1.29, 1.82) is 0 Å². The van der Waals surface area contributed by atoms with Crippen LogP contribution >= 0.6 is 0 Å². The van der Waals surface area contributed by atoms with Gasteiger partial charge in [-0.2, -0.15) is 0 Å². The van der Waals surface area contributed by atoms with Gasteiger partial charge in [0, 0.05) is 6.07 Å². The van der Waals surface area contributed by atoms with E-state index in [1.165, 1.54) is 6.92 Å². The minimum Gasteiger partial charge on any atom is -0.492 e. The van der Waals surface area contributed by atoms with Crippen LogP contribution in [0.5, 0.6) is 17.2 Å². The second kappa shape index (κ2) is 9.35. The highest BCUT2D eigenvalue weighted by Gasteiger charge is 2.25. The molecule has 0 bridgehead atoms. The van der Waals surface area contributed by atoms with E-state index >= 15 is 0 Å². The van der Waals surface area contributed by atoms with Gasteiger partial charge in [-0.3, -0.25) is 9.10 Å². The smallest absolute Gasteiger partial charge is 0.240 e. The first-order chi connectivity index (χ1) is 15.5. The third kappa shape index (κ3) is 4.88. The van der Waals surface area contributed by atoms with Gasteiger partial charge < -0.3 is 19.5 Å². The molecule has 32 heavy (non-hydrogen) atoms. The second-order valence-corrected chi connectivity index (χ2v) is 9.33. The summed E-state index contributed by atoms with van der Waals surface area (Å²) in [4.78, 5) is 12.5. The molecule has 4 rings (SSSR count). The SMILES string of the molecule is CCS(=O)(=O)N(CC(=O)NCCOc1ccc2ccccc2c1)c1ccc2c(c1)OCO2. The first-order valence-electron chi connectivity index (χ1n) is 10.2. The minimum absolute atomic E-state index is 0.0804. The lowest BCUT2D eigenvalue weighted by Crippen LogP contribution is -2.42. The number of fused-ring (bicyclic) bond motifs is 2. The van der Waals surface area contributed by atoms with Gasteiger partial charge >= 0.3 is 0 Å². The summed E-state index contributed by atoms with van der Waals surface area (Å²) < 4.78 is 42.6. The standard InChI is InChI=1S/C23H24N2O6S/c1-2-32(27,28)25(19-8-10-21-22(14-19)31-16-30-21)15-23(26)24-11-12-29-20-9-7-17-5-3-4-6-18(17)13-20/h3-10,13-14H,2,11-12,15-16H2,1H3,(H,24,26). The van der Waals surface area contributed by atoms with Gasteiger partial charge in [-0.05, 0) is 42.0 Å². The van der Waals surface area contributed by atoms with Crippen LogP contribution in [0.2, 0.25) is 0 Å². The molecule has 1 N–H and O–H groups in total.